The first kappa shape index (κ1) is 14.1. The van der Waals surface area contributed by atoms with Gasteiger partial charge < -0.3 is 10.0 Å². The summed E-state index contributed by atoms with van der Waals surface area (Å²) in [5.74, 6) is -0.852. The molecule has 0 radical (unpaired) electrons. The lowest BCUT2D eigenvalue weighted by Gasteiger charge is -2.15. The number of benzene rings is 1. The Kier molecular flexibility index (Phi) is 3.93. The summed E-state index contributed by atoms with van der Waals surface area (Å²) >= 11 is 0. The van der Waals surface area contributed by atoms with Gasteiger partial charge in [-0.05, 0) is 24.6 Å². The maximum Gasteiger partial charge on any atom is 0.491 e. The second-order valence-corrected chi connectivity index (χ2v) is 5.92. The molecule has 17 heavy (non-hydrogen) atoms. The number of hydrogen-bond donors (Lipinski definition) is 2. The summed E-state index contributed by atoms with van der Waals surface area (Å²) < 4.78 is 38.1. The third kappa shape index (κ3) is 2.66. The molecule has 0 aliphatic carbocycles. The van der Waals surface area contributed by atoms with Crippen LogP contribution < -0.4 is 5.46 Å². The predicted molar refractivity (Wildman–Crippen MR) is 61.8 cm³/mol. The molecule has 0 saturated heterocycles. The highest BCUT2D eigenvalue weighted by Crippen LogP contribution is 2.18. The average molecular weight is 261 g/mol. The molecule has 0 bridgehead atoms. The minimum atomic E-state index is -3.74. The average Bonchev–Trinajstić information content (AvgIpc) is 2.15. The number of nitrogens with zero attached hydrogens (tertiary/aromatic N) is 1. The van der Waals surface area contributed by atoms with E-state index in [-0.39, 0.29) is 10.5 Å². The summed E-state index contributed by atoms with van der Waals surface area (Å²) in [5.41, 5.74) is -0.253. The van der Waals surface area contributed by atoms with Crippen LogP contribution >= 0.6 is 0 Å². The van der Waals surface area contributed by atoms with Gasteiger partial charge >= 0.3 is 7.12 Å². The van der Waals surface area contributed by atoms with Crippen molar-refractivity contribution >= 4 is 22.6 Å². The van der Waals surface area contributed by atoms with Crippen molar-refractivity contribution in [1.82, 2.24) is 4.31 Å². The first-order valence-electron chi connectivity index (χ1n) is 4.76. The minimum absolute atomic E-state index is 0.146. The molecule has 0 aliphatic heterocycles. The van der Waals surface area contributed by atoms with E-state index in [2.05, 4.69) is 0 Å². The van der Waals surface area contributed by atoms with E-state index in [1.807, 2.05) is 0 Å². The summed E-state index contributed by atoms with van der Waals surface area (Å²) in [6, 6.07) is 1.90. The van der Waals surface area contributed by atoms with Gasteiger partial charge in [-0.2, -0.15) is 0 Å². The van der Waals surface area contributed by atoms with Gasteiger partial charge in [0.15, 0.2) is 0 Å². The maximum absolute atomic E-state index is 13.3. The molecular weight excluding hydrogens is 248 g/mol. The summed E-state index contributed by atoms with van der Waals surface area (Å²) in [7, 11) is -3.10. The molecule has 2 N–H and O–H groups in total. The molecule has 5 nitrogen and oxygen atoms in total. The second kappa shape index (κ2) is 4.73. The fourth-order valence-corrected chi connectivity index (χ4v) is 2.48. The number of sulfonamides is 1. The van der Waals surface area contributed by atoms with Crippen molar-refractivity contribution in [2.45, 2.75) is 11.8 Å². The zero-order valence-electron chi connectivity index (χ0n) is 9.68. The highest BCUT2D eigenvalue weighted by molar-refractivity contribution is 7.89. The van der Waals surface area contributed by atoms with Crippen LogP contribution in [0.3, 0.4) is 0 Å². The van der Waals surface area contributed by atoms with Crippen molar-refractivity contribution in [3.05, 3.63) is 23.5 Å². The van der Waals surface area contributed by atoms with Crippen LogP contribution in [0.4, 0.5) is 4.39 Å². The SMILES string of the molecule is Cc1cc(F)c(B(O)O)cc1S(=O)(=O)N(C)C. The van der Waals surface area contributed by atoms with Crippen molar-refractivity contribution in [3.8, 4) is 0 Å². The zero-order valence-corrected chi connectivity index (χ0v) is 10.5. The van der Waals surface area contributed by atoms with Gasteiger partial charge in [0.05, 0.1) is 4.90 Å². The van der Waals surface area contributed by atoms with Crippen LogP contribution in [0, 0.1) is 12.7 Å². The van der Waals surface area contributed by atoms with Gasteiger partial charge in [0, 0.05) is 19.6 Å². The van der Waals surface area contributed by atoms with Crippen LogP contribution in [0.15, 0.2) is 17.0 Å². The molecule has 0 unspecified atom stereocenters. The van der Waals surface area contributed by atoms with E-state index in [9.17, 15) is 12.8 Å². The molecule has 0 saturated carbocycles. The van der Waals surface area contributed by atoms with Crippen LogP contribution in [0.1, 0.15) is 5.56 Å². The van der Waals surface area contributed by atoms with Gasteiger partial charge in [0.2, 0.25) is 10.0 Å². The van der Waals surface area contributed by atoms with Crippen molar-refractivity contribution in [1.29, 1.82) is 0 Å². The molecule has 94 valence electrons. The Morgan fingerprint density at radius 2 is 1.82 bits per heavy atom. The standard InChI is InChI=1S/C9H13BFNO4S/c1-6-4-8(11)7(10(13)14)5-9(6)17(15,16)12(2)3/h4-5,13-14H,1-3H3. The smallest absolute Gasteiger partial charge is 0.423 e. The highest BCUT2D eigenvalue weighted by atomic mass is 32.2. The van der Waals surface area contributed by atoms with Crippen molar-refractivity contribution in [3.63, 3.8) is 0 Å². The van der Waals surface area contributed by atoms with Gasteiger partial charge in [-0.1, -0.05) is 0 Å². The molecule has 0 heterocycles. The number of hydrogen-bond acceptors (Lipinski definition) is 4. The van der Waals surface area contributed by atoms with Gasteiger partial charge in [-0.25, -0.2) is 17.1 Å². The van der Waals surface area contributed by atoms with Gasteiger partial charge in [-0.15, -0.1) is 0 Å². The van der Waals surface area contributed by atoms with Gasteiger partial charge in [0.1, 0.15) is 5.82 Å². The Hall–Kier alpha value is -0.955. The molecular formula is C9H13BFNO4S. The van der Waals surface area contributed by atoms with E-state index in [0.717, 1.165) is 16.4 Å². The Balaban J connectivity index is 3.51. The number of aryl methyl sites for hydroxylation is 1. The van der Waals surface area contributed by atoms with Crippen LogP contribution in [0.25, 0.3) is 0 Å². The third-order valence-corrected chi connectivity index (χ3v) is 4.29. The molecule has 0 aliphatic rings. The lowest BCUT2D eigenvalue weighted by molar-refractivity contribution is 0.423. The summed E-state index contributed by atoms with van der Waals surface area (Å²) in [4.78, 5) is -0.146. The van der Waals surface area contributed by atoms with E-state index >= 15 is 0 Å². The topological polar surface area (TPSA) is 77.8 Å². The van der Waals surface area contributed by atoms with Crippen molar-refractivity contribution in [2.75, 3.05) is 14.1 Å². The van der Waals surface area contributed by atoms with E-state index in [4.69, 9.17) is 10.0 Å². The Labute approximate surface area is 99.7 Å². The fraction of sp³-hybridized carbons (Fsp3) is 0.333. The van der Waals surface area contributed by atoms with Crippen molar-refractivity contribution in [2.24, 2.45) is 0 Å². The zero-order chi connectivity index (χ0) is 13.4. The van der Waals surface area contributed by atoms with E-state index in [1.54, 1.807) is 0 Å². The molecule has 8 heteroatoms. The maximum atomic E-state index is 13.3. The van der Waals surface area contributed by atoms with Crippen LogP contribution in [-0.2, 0) is 10.0 Å². The first-order valence-corrected chi connectivity index (χ1v) is 6.20. The lowest BCUT2D eigenvalue weighted by Crippen LogP contribution is -2.34. The second-order valence-electron chi connectivity index (χ2n) is 3.80. The van der Waals surface area contributed by atoms with Crippen LogP contribution in [0.2, 0.25) is 0 Å². The van der Waals surface area contributed by atoms with Gasteiger partial charge in [-0.3, -0.25) is 0 Å². The number of rotatable bonds is 3. The Morgan fingerprint density at radius 1 is 1.29 bits per heavy atom. The van der Waals surface area contributed by atoms with Crippen molar-refractivity contribution < 1.29 is 22.9 Å². The third-order valence-electron chi connectivity index (χ3n) is 2.33. The largest absolute Gasteiger partial charge is 0.491 e. The molecule has 0 aromatic heterocycles. The quantitative estimate of drug-likeness (QED) is 0.689. The summed E-state index contributed by atoms with van der Waals surface area (Å²) in [5, 5.41) is 17.9. The molecule has 1 aromatic rings. The Morgan fingerprint density at radius 3 is 2.24 bits per heavy atom. The molecule has 1 aromatic carbocycles. The molecule has 0 spiro atoms. The fourth-order valence-electron chi connectivity index (χ4n) is 1.34. The lowest BCUT2D eigenvalue weighted by atomic mass is 9.79. The predicted octanol–water partition coefficient (Wildman–Crippen LogP) is -0.936. The summed E-state index contributed by atoms with van der Waals surface area (Å²) in [6.07, 6.45) is 0. The van der Waals surface area contributed by atoms with E-state index < -0.39 is 28.4 Å². The van der Waals surface area contributed by atoms with Gasteiger partial charge in [0.25, 0.3) is 0 Å². The van der Waals surface area contributed by atoms with E-state index in [1.165, 1.54) is 21.0 Å². The molecule has 0 amide bonds. The highest BCUT2D eigenvalue weighted by Gasteiger charge is 2.25. The first-order chi connectivity index (χ1) is 7.67. The monoisotopic (exact) mass is 261 g/mol. The Bertz CT molecular complexity index is 530. The molecule has 0 atom stereocenters. The van der Waals surface area contributed by atoms with E-state index in [0.29, 0.717) is 0 Å². The normalized spacial score (nSPS) is 11.9. The van der Waals surface area contributed by atoms with Crippen LogP contribution in [0.5, 0.6) is 0 Å². The van der Waals surface area contributed by atoms with Crippen LogP contribution in [-0.4, -0.2) is 44.0 Å². The molecule has 0 fully saturated rings. The minimum Gasteiger partial charge on any atom is -0.423 e. The molecule has 1 rings (SSSR count). The summed E-state index contributed by atoms with van der Waals surface area (Å²) in [6.45, 7) is 1.44. The number of halogens is 1.